The third kappa shape index (κ3) is 3.64. The molecule has 1 aliphatic rings. The SMILES string of the molecule is COC(=O)c1cncc(N(C)CC2CCCCN2)n1. The molecular formula is C13H20N4O2. The van der Waals surface area contributed by atoms with Crippen LogP contribution >= 0.6 is 0 Å². The largest absolute Gasteiger partial charge is 0.464 e. The average molecular weight is 264 g/mol. The number of ether oxygens (including phenoxy) is 1. The lowest BCUT2D eigenvalue weighted by Crippen LogP contribution is -2.42. The monoisotopic (exact) mass is 264 g/mol. The molecule has 0 spiro atoms. The van der Waals surface area contributed by atoms with E-state index in [1.807, 2.05) is 11.9 Å². The molecule has 6 heteroatoms. The molecule has 2 rings (SSSR count). The van der Waals surface area contributed by atoms with Crippen molar-refractivity contribution in [3.63, 3.8) is 0 Å². The number of nitrogens with one attached hydrogen (secondary N) is 1. The van der Waals surface area contributed by atoms with Gasteiger partial charge in [-0.05, 0) is 19.4 Å². The van der Waals surface area contributed by atoms with E-state index in [0.29, 0.717) is 11.9 Å². The predicted molar refractivity (Wildman–Crippen MR) is 72.3 cm³/mol. The maximum atomic E-state index is 11.4. The summed E-state index contributed by atoms with van der Waals surface area (Å²) < 4.78 is 4.65. The summed E-state index contributed by atoms with van der Waals surface area (Å²) in [7, 11) is 3.30. The zero-order valence-electron chi connectivity index (χ0n) is 11.4. The first-order chi connectivity index (χ1) is 9.20. The summed E-state index contributed by atoms with van der Waals surface area (Å²) in [5, 5.41) is 3.49. The van der Waals surface area contributed by atoms with Crippen LogP contribution in [0.1, 0.15) is 29.8 Å². The van der Waals surface area contributed by atoms with E-state index in [1.54, 1.807) is 6.20 Å². The zero-order valence-corrected chi connectivity index (χ0v) is 11.4. The summed E-state index contributed by atoms with van der Waals surface area (Å²) in [4.78, 5) is 21.8. The summed E-state index contributed by atoms with van der Waals surface area (Å²) in [6, 6.07) is 0.474. The normalized spacial score (nSPS) is 18.9. The number of esters is 1. The van der Waals surface area contributed by atoms with E-state index in [4.69, 9.17) is 0 Å². The van der Waals surface area contributed by atoms with E-state index in [1.165, 1.54) is 32.6 Å². The summed E-state index contributed by atoms with van der Waals surface area (Å²) in [6.45, 7) is 1.94. The van der Waals surface area contributed by atoms with Crippen LogP contribution < -0.4 is 10.2 Å². The molecule has 0 bridgehead atoms. The van der Waals surface area contributed by atoms with Gasteiger partial charge < -0.3 is 15.0 Å². The summed E-state index contributed by atoms with van der Waals surface area (Å²) >= 11 is 0. The van der Waals surface area contributed by atoms with Crippen molar-refractivity contribution in [2.45, 2.75) is 25.3 Å². The lowest BCUT2D eigenvalue weighted by molar-refractivity contribution is 0.0593. The van der Waals surface area contributed by atoms with Gasteiger partial charge in [-0.3, -0.25) is 4.98 Å². The van der Waals surface area contributed by atoms with Gasteiger partial charge in [0.1, 0.15) is 5.82 Å². The van der Waals surface area contributed by atoms with Crippen LogP contribution in [0, 0.1) is 0 Å². The molecule has 6 nitrogen and oxygen atoms in total. The number of hydrogen-bond acceptors (Lipinski definition) is 6. The standard InChI is InChI=1S/C13H20N4O2/c1-17(9-10-5-3-4-6-15-10)12-8-14-7-11(16-12)13(18)19-2/h7-8,10,15H,3-6,9H2,1-2H3. The van der Waals surface area contributed by atoms with Gasteiger partial charge in [-0.2, -0.15) is 0 Å². The van der Waals surface area contributed by atoms with Gasteiger partial charge in [0.15, 0.2) is 5.69 Å². The lowest BCUT2D eigenvalue weighted by atomic mass is 10.0. The third-order valence-electron chi connectivity index (χ3n) is 3.31. The van der Waals surface area contributed by atoms with Gasteiger partial charge in [0.25, 0.3) is 0 Å². The van der Waals surface area contributed by atoms with Crippen molar-refractivity contribution in [3.8, 4) is 0 Å². The predicted octanol–water partition coefficient (Wildman–Crippen LogP) is 0.841. The average Bonchev–Trinajstić information content (AvgIpc) is 2.47. The minimum absolute atomic E-state index is 0.239. The number of anilines is 1. The molecule has 2 heterocycles. The first kappa shape index (κ1) is 13.7. The second kappa shape index (κ2) is 6.47. The van der Waals surface area contributed by atoms with Gasteiger partial charge in [0, 0.05) is 19.6 Å². The number of carbonyl (C=O) groups is 1. The van der Waals surface area contributed by atoms with Crippen LogP contribution in [0.25, 0.3) is 0 Å². The highest BCUT2D eigenvalue weighted by Crippen LogP contribution is 2.13. The fourth-order valence-corrected chi connectivity index (χ4v) is 2.25. The van der Waals surface area contributed by atoms with Crippen LogP contribution in [0.2, 0.25) is 0 Å². The quantitative estimate of drug-likeness (QED) is 0.813. The van der Waals surface area contributed by atoms with Crippen molar-refractivity contribution >= 4 is 11.8 Å². The molecule has 1 N–H and O–H groups in total. The highest BCUT2D eigenvalue weighted by atomic mass is 16.5. The van der Waals surface area contributed by atoms with Gasteiger partial charge in [-0.1, -0.05) is 6.42 Å². The number of likely N-dealkylation sites (N-methyl/N-ethyl adjacent to an activating group) is 1. The van der Waals surface area contributed by atoms with Gasteiger partial charge in [-0.15, -0.1) is 0 Å². The van der Waals surface area contributed by atoms with Crippen molar-refractivity contribution in [2.75, 3.05) is 32.1 Å². The second-order valence-corrected chi connectivity index (χ2v) is 4.78. The fourth-order valence-electron chi connectivity index (χ4n) is 2.25. The molecule has 1 unspecified atom stereocenters. The number of piperidine rings is 1. The molecule has 0 amide bonds. The van der Waals surface area contributed by atoms with E-state index < -0.39 is 5.97 Å². The first-order valence-electron chi connectivity index (χ1n) is 6.55. The summed E-state index contributed by atoms with van der Waals surface area (Å²) in [5.74, 6) is 0.230. The summed E-state index contributed by atoms with van der Waals surface area (Å²) in [5.41, 5.74) is 0.239. The van der Waals surface area contributed by atoms with Crippen molar-refractivity contribution in [1.29, 1.82) is 0 Å². The number of carbonyl (C=O) groups excluding carboxylic acids is 1. The smallest absolute Gasteiger partial charge is 0.358 e. The number of hydrogen-bond donors (Lipinski definition) is 1. The number of aromatic nitrogens is 2. The Morgan fingerprint density at radius 1 is 1.53 bits per heavy atom. The van der Waals surface area contributed by atoms with Crippen LogP contribution in [-0.4, -0.2) is 49.2 Å². The summed E-state index contributed by atoms with van der Waals surface area (Å²) in [6.07, 6.45) is 6.77. The fraction of sp³-hybridized carbons (Fsp3) is 0.615. The van der Waals surface area contributed by atoms with Crippen molar-refractivity contribution in [3.05, 3.63) is 18.1 Å². The Kier molecular flexibility index (Phi) is 4.68. The molecule has 0 aliphatic carbocycles. The maximum absolute atomic E-state index is 11.4. The van der Waals surface area contributed by atoms with E-state index in [0.717, 1.165) is 13.1 Å². The van der Waals surface area contributed by atoms with Gasteiger partial charge in [0.05, 0.1) is 19.5 Å². The molecule has 0 saturated carbocycles. The Bertz CT molecular complexity index is 432. The molecule has 0 radical (unpaired) electrons. The van der Waals surface area contributed by atoms with Crippen LogP contribution in [0.3, 0.4) is 0 Å². The number of rotatable bonds is 4. The lowest BCUT2D eigenvalue weighted by Gasteiger charge is -2.28. The van der Waals surface area contributed by atoms with Gasteiger partial charge in [0.2, 0.25) is 0 Å². The van der Waals surface area contributed by atoms with E-state index >= 15 is 0 Å². The Morgan fingerprint density at radius 3 is 3.05 bits per heavy atom. The highest BCUT2D eigenvalue weighted by molar-refractivity contribution is 5.87. The van der Waals surface area contributed by atoms with Crippen LogP contribution in [0.5, 0.6) is 0 Å². The van der Waals surface area contributed by atoms with Gasteiger partial charge in [-0.25, -0.2) is 9.78 Å². The van der Waals surface area contributed by atoms with Crippen LogP contribution in [-0.2, 0) is 4.74 Å². The van der Waals surface area contributed by atoms with E-state index in [-0.39, 0.29) is 5.69 Å². The van der Waals surface area contributed by atoms with E-state index in [2.05, 4.69) is 20.0 Å². The minimum Gasteiger partial charge on any atom is -0.464 e. The van der Waals surface area contributed by atoms with Crippen LogP contribution in [0.15, 0.2) is 12.4 Å². The Balaban J connectivity index is 2.01. The van der Waals surface area contributed by atoms with E-state index in [9.17, 15) is 4.79 Å². The van der Waals surface area contributed by atoms with Gasteiger partial charge >= 0.3 is 5.97 Å². The Labute approximate surface area is 113 Å². The van der Waals surface area contributed by atoms with Crippen molar-refractivity contribution in [2.24, 2.45) is 0 Å². The molecule has 19 heavy (non-hydrogen) atoms. The topological polar surface area (TPSA) is 67.3 Å². The number of nitrogens with zero attached hydrogens (tertiary/aromatic N) is 3. The van der Waals surface area contributed by atoms with Crippen LogP contribution in [0.4, 0.5) is 5.82 Å². The Morgan fingerprint density at radius 2 is 2.37 bits per heavy atom. The Hall–Kier alpha value is -1.69. The third-order valence-corrected chi connectivity index (χ3v) is 3.31. The molecule has 1 aromatic heterocycles. The highest BCUT2D eigenvalue weighted by Gasteiger charge is 2.16. The molecule has 104 valence electrons. The molecule has 1 aliphatic heterocycles. The molecule has 0 aromatic carbocycles. The number of methoxy groups -OCH3 is 1. The second-order valence-electron chi connectivity index (χ2n) is 4.78. The maximum Gasteiger partial charge on any atom is 0.358 e. The molecular weight excluding hydrogens is 244 g/mol. The van der Waals surface area contributed by atoms with Crippen molar-refractivity contribution in [1.82, 2.24) is 15.3 Å². The minimum atomic E-state index is -0.460. The zero-order chi connectivity index (χ0) is 13.7. The molecule has 1 atom stereocenters. The molecule has 1 saturated heterocycles. The molecule has 1 fully saturated rings. The van der Waals surface area contributed by atoms with Crippen molar-refractivity contribution < 1.29 is 9.53 Å². The first-order valence-corrected chi connectivity index (χ1v) is 6.55. The molecule has 1 aromatic rings.